The summed E-state index contributed by atoms with van der Waals surface area (Å²) < 4.78 is 7.53. The van der Waals surface area contributed by atoms with Crippen LogP contribution in [0.25, 0.3) is 10.9 Å². The van der Waals surface area contributed by atoms with Crippen molar-refractivity contribution in [2.24, 2.45) is 0 Å². The Morgan fingerprint density at radius 1 is 1.25 bits per heavy atom. The Kier molecular flexibility index (Phi) is 5.11. The Morgan fingerprint density at radius 2 is 2.12 bits per heavy atom. The van der Waals surface area contributed by atoms with E-state index in [1.165, 1.54) is 10.9 Å². The lowest BCUT2D eigenvalue weighted by molar-refractivity contribution is 0.0952. The molecule has 2 aromatic heterocycles. The summed E-state index contributed by atoms with van der Waals surface area (Å²) in [7, 11) is 0. The van der Waals surface area contributed by atoms with Crippen molar-refractivity contribution in [3.8, 4) is 5.88 Å². The van der Waals surface area contributed by atoms with Gasteiger partial charge in [-0.15, -0.1) is 0 Å². The highest BCUT2D eigenvalue weighted by atomic mass is 16.5. The van der Waals surface area contributed by atoms with Crippen LogP contribution in [-0.4, -0.2) is 28.6 Å². The summed E-state index contributed by atoms with van der Waals surface area (Å²) >= 11 is 0. The molecule has 2 heterocycles. The van der Waals surface area contributed by atoms with Gasteiger partial charge in [-0.25, -0.2) is 4.98 Å². The highest BCUT2D eigenvalue weighted by Gasteiger charge is 2.07. The van der Waals surface area contributed by atoms with E-state index in [-0.39, 0.29) is 5.91 Å². The van der Waals surface area contributed by atoms with Crippen LogP contribution < -0.4 is 10.1 Å². The predicted molar refractivity (Wildman–Crippen MR) is 94.3 cm³/mol. The van der Waals surface area contributed by atoms with Gasteiger partial charge in [0.2, 0.25) is 5.88 Å². The molecule has 3 rings (SSSR count). The molecule has 24 heavy (non-hydrogen) atoms. The van der Waals surface area contributed by atoms with Crippen LogP contribution in [0.5, 0.6) is 5.88 Å². The standard InChI is InChI=1S/C19H21N3O2/c1-2-24-18-14-16(8-11-20-18)19(23)21-10-5-12-22-13-9-15-6-3-4-7-17(15)22/h3-4,6-9,11,13-14H,2,5,10,12H2,1H3,(H,21,23). The molecular weight excluding hydrogens is 302 g/mol. The summed E-state index contributed by atoms with van der Waals surface area (Å²) in [5.41, 5.74) is 1.79. The molecule has 0 aliphatic rings. The summed E-state index contributed by atoms with van der Waals surface area (Å²) in [5, 5.41) is 4.18. The first-order valence-electron chi connectivity index (χ1n) is 8.19. The molecule has 0 radical (unpaired) electrons. The van der Waals surface area contributed by atoms with Gasteiger partial charge in [0.05, 0.1) is 6.61 Å². The van der Waals surface area contributed by atoms with Crippen molar-refractivity contribution < 1.29 is 9.53 Å². The Balaban J connectivity index is 1.51. The molecule has 1 N–H and O–H groups in total. The van der Waals surface area contributed by atoms with Gasteiger partial charge in [0, 0.05) is 42.6 Å². The highest BCUT2D eigenvalue weighted by Crippen LogP contribution is 2.15. The number of hydrogen-bond acceptors (Lipinski definition) is 3. The number of aryl methyl sites for hydroxylation is 1. The minimum absolute atomic E-state index is 0.101. The fourth-order valence-electron chi connectivity index (χ4n) is 2.67. The van der Waals surface area contributed by atoms with Gasteiger partial charge in [0.1, 0.15) is 0 Å². The second-order valence-electron chi connectivity index (χ2n) is 5.49. The summed E-state index contributed by atoms with van der Waals surface area (Å²) in [5.74, 6) is 0.375. The van der Waals surface area contributed by atoms with Gasteiger partial charge in [-0.1, -0.05) is 18.2 Å². The second kappa shape index (κ2) is 7.64. The molecule has 0 aliphatic carbocycles. The van der Waals surface area contributed by atoms with Gasteiger partial charge in [-0.3, -0.25) is 4.79 Å². The lowest BCUT2D eigenvalue weighted by Crippen LogP contribution is -2.25. The fraction of sp³-hybridized carbons (Fsp3) is 0.263. The third kappa shape index (κ3) is 3.74. The van der Waals surface area contributed by atoms with E-state index >= 15 is 0 Å². The fourth-order valence-corrected chi connectivity index (χ4v) is 2.67. The summed E-state index contributed by atoms with van der Waals surface area (Å²) in [6.07, 6.45) is 4.55. The summed E-state index contributed by atoms with van der Waals surface area (Å²) in [6, 6.07) is 13.8. The zero-order chi connectivity index (χ0) is 16.8. The van der Waals surface area contributed by atoms with Crippen LogP contribution in [0.2, 0.25) is 0 Å². The second-order valence-corrected chi connectivity index (χ2v) is 5.49. The van der Waals surface area contributed by atoms with Crippen LogP contribution >= 0.6 is 0 Å². The normalized spacial score (nSPS) is 10.7. The number of hydrogen-bond donors (Lipinski definition) is 1. The Bertz CT molecular complexity index is 826. The molecule has 0 fully saturated rings. The minimum Gasteiger partial charge on any atom is -0.478 e. The van der Waals surface area contributed by atoms with Crippen LogP contribution in [-0.2, 0) is 6.54 Å². The van der Waals surface area contributed by atoms with Gasteiger partial charge in [-0.05, 0) is 36.9 Å². The molecule has 1 amide bonds. The number of pyridine rings is 1. The monoisotopic (exact) mass is 323 g/mol. The number of ether oxygens (including phenoxy) is 1. The molecule has 0 unspecified atom stereocenters. The zero-order valence-electron chi connectivity index (χ0n) is 13.7. The Hall–Kier alpha value is -2.82. The van der Waals surface area contributed by atoms with Crippen molar-refractivity contribution >= 4 is 16.8 Å². The minimum atomic E-state index is -0.101. The van der Waals surface area contributed by atoms with E-state index in [1.54, 1.807) is 18.3 Å². The molecule has 0 saturated heterocycles. The van der Waals surface area contributed by atoms with Gasteiger partial charge in [-0.2, -0.15) is 0 Å². The maximum absolute atomic E-state index is 12.2. The molecule has 5 nitrogen and oxygen atoms in total. The van der Waals surface area contributed by atoms with E-state index in [2.05, 4.69) is 39.3 Å². The van der Waals surface area contributed by atoms with E-state index in [4.69, 9.17) is 4.74 Å². The number of nitrogens with one attached hydrogen (secondary N) is 1. The van der Waals surface area contributed by atoms with Crippen molar-refractivity contribution in [3.05, 3.63) is 60.4 Å². The van der Waals surface area contributed by atoms with Crippen molar-refractivity contribution in [2.45, 2.75) is 19.9 Å². The number of fused-ring (bicyclic) bond motifs is 1. The van der Waals surface area contributed by atoms with Crippen molar-refractivity contribution in [1.82, 2.24) is 14.9 Å². The first-order valence-corrected chi connectivity index (χ1v) is 8.19. The zero-order valence-corrected chi connectivity index (χ0v) is 13.7. The van der Waals surface area contributed by atoms with E-state index in [0.29, 0.717) is 24.6 Å². The smallest absolute Gasteiger partial charge is 0.251 e. The van der Waals surface area contributed by atoms with Crippen LogP contribution in [0.4, 0.5) is 0 Å². The quantitative estimate of drug-likeness (QED) is 0.679. The summed E-state index contributed by atoms with van der Waals surface area (Å²) in [4.78, 5) is 16.2. The first kappa shape index (κ1) is 16.1. The van der Waals surface area contributed by atoms with E-state index in [0.717, 1.165) is 13.0 Å². The molecule has 124 valence electrons. The SMILES string of the molecule is CCOc1cc(C(=O)NCCCn2ccc3ccccc32)ccn1. The van der Waals surface area contributed by atoms with Crippen LogP contribution in [0.1, 0.15) is 23.7 Å². The van der Waals surface area contributed by atoms with Crippen LogP contribution in [0.3, 0.4) is 0 Å². The number of amides is 1. The largest absolute Gasteiger partial charge is 0.478 e. The van der Waals surface area contributed by atoms with Gasteiger partial charge >= 0.3 is 0 Å². The summed E-state index contributed by atoms with van der Waals surface area (Å²) in [6.45, 7) is 3.91. The number of carbonyl (C=O) groups excluding carboxylic acids is 1. The molecule has 0 saturated carbocycles. The third-order valence-corrected chi connectivity index (χ3v) is 3.83. The number of carbonyl (C=O) groups is 1. The molecule has 0 atom stereocenters. The molecule has 3 aromatic rings. The number of rotatable bonds is 7. The molecule has 0 bridgehead atoms. The number of aromatic nitrogens is 2. The predicted octanol–water partition coefficient (Wildman–Crippen LogP) is 3.26. The van der Waals surface area contributed by atoms with Crippen LogP contribution in [0, 0.1) is 0 Å². The van der Waals surface area contributed by atoms with Gasteiger partial charge in [0.25, 0.3) is 5.91 Å². The average molecular weight is 323 g/mol. The first-order chi connectivity index (χ1) is 11.8. The maximum atomic E-state index is 12.2. The number of nitrogens with zero attached hydrogens (tertiary/aromatic N) is 2. The van der Waals surface area contributed by atoms with Crippen LogP contribution in [0.15, 0.2) is 54.9 Å². The maximum Gasteiger partial charge on any atom is 0.251 e. The van der Waals surface area contributed by atoms with E-state index < -0.39 is 0 Å². The van der Waals surface area contributed by atoms with Gasteiger partial charge < -0.3 is 14.6 Å². The van der Waals surface area contributed by atoms with Crippen molar-refractivity contribution in [1.29, 1.82) is 0 Å². The molecule has 0 aliphatic heterocycles. The lowest BCUT2D eigenvalue weighted by atomic mass is 10.2. The van der Waals surface area contributed by atoms with Crippen molar-refractivity contribution in [3.63, 3.8) is 0 Å². The molecular formula is C19H21N3O2. The van der Waals surface area contributed by atoms with Gasteiger partial charge in [0.15, 0.2) is 0 Å². The average Bonchev–Trinajstić information content (AvgIpc) is 3.02. The molecule has 5 heteroatoms. The molecule has 0 spiro atoms. The number of para-hydroxylation sites is 1. The number of benzene rings is 1. The van der Waals surface area contributed by atoms with Crippen molar-refractivity contribution in [2.75, 3.05) is 13.2 Å². The molecule has 1 aromatic carbocycles. The Labute approximate surface area is 141 Å². The third-order valence-electron chi connectivity index (χ3n) is 3.83. The van der Waals surface area contributed by atoms with E-state index in [1.807, 2.05) is 19.1 Å². The highest BCUT2D eigenvalue weighted by molar-refractivity contribution is 5.94. The topological polar surface area (TPSA) is 56.1 Å². The Morgan fingerprint density at radius 3 is 3.00 bits per heavy atom. The van der Waals surface area contributed by atoms with E-state index in [9.17, 15) is 4.79 Å². The lowest BCUT2D eigenvalue weighted by Gasteiger charge is -2.08.